The molecule has 0 aliphatic rings. The van der Waals surface area contributed by atoms with Gasteiger partial charge in [-0.25, -0.2) is 5.48 Å². The number of alkyl halides is 3. The molecule has 0 aliphatic carbocycles. The van der Waals surface area contributed by atoms with Crippen LogP contribution in [0.3, 0.4) is 0 Å². The van der Waals surface area contributed by atoms with Crippen LogP contribution in [-0.2, 0) is 24.0 Å². The summed E-state index contributed by atoms with van der Waals surface area (Å²) >= 11 is 0. The van der Waals surface area contributed by atoms with E-state index in [0.29, 0.717) is 0 Å². The minimum Gasteiger partial charge on any atom is -0.300 e. The van der Waals surface area contributed by atoms with Gasteiger partial charge in [-0.3, -0.25) is 4.79 Å². The number of halogens is 3. The smallest absolute Gasteiger partial charge is 0.300 e. The monoisotopic (exact) mass is 263 g/mol. The van der Waals surface area contributed by atoms with E-state index in [1.807, 2.05) is 0 Å². The molecule has 0 aromatic heterocycles. The molecular formula is C6H8F3NO5S. The molecule has 16 heavy (non-hydrogen) atoms. The Labute approximate surface area is 88.8 Å². The van der Waals surface area contributed by atoms with Gasteiger partial charge in [0.2, 0.25) is 5.91 Å². The van der Waals surface area contributed by atoms with Crippen LogP contribution in [0.1, 0.15) is 19.8 Å². The molecule has 0 saturated heterocycles. The summed E-state index contributed by atoms with van der Waals surface area (Å²) in [5, 5.41) is 0. The van der Waals surface area contributed by atoms with E-state index in [1.165, 1.54) is 6.92 Å². The Bertz CT molecular complexity index is 374. The third kappa shape index (κ3) is 5.07. The summed E-state index contributed by atoms with van der Waals surface area (Å²) in [6, 6.07) is 0. The van der Waals surface area contributed by atoms with Crippen molar-refractivity contribution < 1.29 is 35.5 Å². The number of rotatable bonds is 5. The fourth-order valence-electron chi connectivity index (χ4n) is 0.489. The van der Waals surface area contributed by atoms with Gasteiger partial charge in [0.25, 0.3) is 0 Å². The lowest BCUT2D eigenvalue weighted by Gasteiger charge is -2.07. The number of hydrogen-bond acceptors (Lipinski definition) is 5. The Balaban J connectivity index is 4.17. The zero-order chi connectivity index (χ0) is 13.0. The van der Waals surface area contributed by atoms with Crippen molar-refractivity contribution >= 4 is 21.8 Å². The summed E-state index contributed by atoms with van der Waals surface area (Å²) in [7, 11) is -5.85. The van der Waals surface area contributed by atoms with E-state index in [1.54, 1.807) is 0 Å². The molecule has 0 saturated carbocycles. The van der Waals surface area contributed by atoms with E-state index in [9.17, 15) is 31.2 Å². The Hall–Kier alpha value is -1.16. The largest absolute Gasteiger partial charge is 0.525 e. The topological polar surface area (TPSA) is 89.5 Å². The van der Waals surface area contributed by atoms with Gasteiger partial charge in [0, 0.05) is 12.8 Å². The summed E-state index contributed by atoms with van der Waals surface area (Å²) < 4.78 is 58.8. The van der Waals surface area contributed by atoms with Crippen LogP contribution in [0.25, 0.3) is 0 Å². The highest BCUT2D eigenvalue weighted by Gasteiger charge is 2.48. The first-order valence-electron chi connectivity index (χ1n) is 3.84. The molecule has 0 spiro atoms. The second kappa shape index (κ2) is 5.25. The average Bonchev–Trinajstić information content (AvgIpc) is 2.09. The highest BCUT2D eigenvalue weighted by atomic mass is 32.2. The normalized spacial score (nSPS) is 12.2. The highest BCUT2D eigenvalue weighted by Crippen LogP contribution is 2.23. The van der Waals surface area contributed by atoms with Gasteiger partial charge in [0.1, 0.15) is 5.78 Å². The number of amides is 1. The van der Waals surface area contributed by atoms with Gasteiger partial charge in [-0.2, -0.15) is 21.6 Å². The zero-order valence-corrected chi connectivity index (χ0v) is 8.81. The Morgan fingerprint density at radius 1 is 1.25 bits per heavy atom. The summed E-state index contributed by atoms with van der Waals surface area (Å²) in [4.78, 5) is 21.1. The fraction of sp³-hybridized carbons (Fsp3) is 0.667. The minimum atomic E-state index is -5.85. The molecule has 6 nitrogen and oxygen atoms in total. The van der Waals surface area contributed by atoms with Gasteiger partial charge in [-0.05, 0) is 6.92 Å². The molecule has 0 atom stereocenters. The molecule has 0 aliphatic heterocycles. The predicted molar refractivity (Wildman–Crippen MR) is 44.1 cm³/mol. The first-order chi connectivity index (χ1) is 7.06. The van der Waals surface area contributed by atoms with Crippen molar-refractivity contribution in [3.8, 4) is 0 Å². The molecule has 0 bridgehead atoms. The highest BCUT2D eigenvalue weighted by molar-refractivity contribution is 7.87. The molecule has 10 heteroatoms. The molecule has 0 unspecified atom stereocenters. The van der Waals surface area contributed by atoms with Crippen LogP contribution in [0, 0.1) is 0 Å². The molecule has 0 fully saturated rings. The number of hydroxylamine groups is 1. The summed E-state index contributed by atoms with van der Waals surface area (Å²) in [6.07, 6.45) is -0.677. The Kier molecular flexibility index (Phi) is 4.87. The Morgan fingerprint density at radius 2 is 1.75 bits per heavy atom. The van der Waals surface area contributed by atoms with Crippen molar-refractivity contribution in [1.29, 1.82) is 0 Å². The lowest BCUT2D eigenvalue weighted by atomic mass is 10.2. The predicted octanol–water partition coefficient (Wildman–Crippen LogP) is 0.253. The molecular weight excluding hydrogens is 255 g/mol. The van der Waals surface area contributed by atoms with E-state index in [4.69, 9.17) is 0 Å². The van der Waals surface area contributed by atoms with Crippen LogP contribution >= 0.6 is 0 Å². The van der Waals surface area contributed by atoms with Crippen molar-refractivity contribution in [3.05, 3.63) is 0 Å². The van der Waals surface area contributed by atoms with Crippen molar-refractivity contribution in [3.63, 3.8) is 0 Å². The molecule has 1 N–H and O–H groups in total. The lowest BCUT2D eigenvalue weighted by molar-refractivity contribution is -0.130. The molecule has 0 radical (unpaired) electrons. The van der Waals surface area contributed by atoms with Crippen LogP contribution in [0.4, 0.5) is 13.2 Å². The third-order valence-electron chi connectivity index (χ3n) is 1.25. The minimum absolute atomic E-state index is 0.221. The third-order valence-corrected chi connectivity index (χ3v) is 2.12. The summed E-state index contributed by atoms with van der Waals surface area (Å²) in [5.74, 6) is -1.50. The maximum atomic E-state index is 11.7. The zero-order valence-electron chi connectivity index (χ0n) is 8.00. The van der Waals surface area contributed by atoms with Crippen molar-refractivity contribution in [2.24, 2.45) is 0 Å². The van der Waals surface area contributed by atoms with Crippen molar-refractivity contribution in [1.82, 2.24) is 5.48 Å². The van der Waals surface area contributed by atoms with Crippen molar-refractivity contribution in [2.75, 3.05) is 0 Å². The standard InChI is InChI=1S/C6H8F3NO5S/c1-4(11)2-3-5(12)10-15-16(13,14)6(7,8)9/h2-3H2,1H3,(H,10,12). The van der Waals surface area contributed by atoms with Crippen molar-refractivity contribution in [2.45, 2.75) is 25.3 Å². The van der Waals surface area contributed by atoms with E-state index in [2.05, 4.69) is 4.28 Å². The maximum absolute atomic E-state index is 11.7. The van der Waals surface area contributed by atoms with Gasteiger partial charge >= 0.3 is 15.6 Å². The van der Waals surface area contributed by atoms with Gasteiger partial charge in [0.05, 0.1) is 0 Å². The van der Waals surface area contributed by atoms with Crippen LogP contribution in [0.5, 0.6) is 0 Å². The number of carbonyl (C=O) groups is 2. The van der Waals surface area contributed by atoms with Crippen LogP contribution < -0.4 is 5.48 Å². The Morgan fingerprint density at radius 3 is 2.12 bits per heavy atom. The van der Waals surface area contributed by atoms with Crippen LogP contribution in [-0.4, -0.2) is 25.6 Å². The molecule has 0 heterocycles. The lowest BCUT2D eigenvalue weighted by Crippen LogP contribution is -2.34. The first-order valence-corrected chi connectivity index (χ1v) is 5.25. The second-order valence-electron chi connectivity index (χ2n) is 2.71. The number of ketones is 1. The van der Waals surface area contributed by atoms with Crippen LogP contribution in [0.15, 0.2) is 0 Å². The van der Waals surface area contributed by atoms with E-state index in [-0.39, 0.29) is 12.2 Å². The van der Waals surface area contributed by atoms with Gasteiger partial charge < -0.3 is 4.79 Å². The van der Waals surface area contributed by atoms with E-state index >= 15 is 0 Å². The second-order valence-corrected chi connectivity index (χ2v) is 4.25. The van der Waals surface area contributed by atoms with Gasteiger partial charge in [-0.1, -0.05) is 0 Å². The summed E-state index contributed by atoms with van der Waals surface area (Å²) in [5.41, 5.74) is -4.52. The van der Waals surface area contributed by atoms with Gasteiger partial charge in [-0.15, -0.1) is 4.28 Å². The number of nitrogens with one attached hydrogen (secondary N) is 1. The van der Waals surface area contributed by atoms with E-state index in [0.717, 1.165) is 5.48 Å². The number of carbonyl (C=O) groups excluding carboxylic acids is 2. The SMILES string of the molecule is CC(=O)CCC(=O)NOS(=O)(=O)C(F)(F)F. The van der Waals surface area contributed by atoms with E-state index < -0.39 is 28.0 Å². The molecule has 0 aromatic carbocycles. The van der Waals surface area contributed by atoms with Crippen LogP contribution in [0.2, 0.25) is 0 Å². The average molecular weight is 263 g/mol. The molecule has 0 aromatic rings. The fourth-order valence-corrected chi connectivity index (χ4v) is 0.786. The number of Topliss-reactive ketones (excluding diaryl/α,β-unsaturated/α-hetero) is 1. The molecule has 0 rings (SSSR count). The molecule has 94 valence electrons. The quantitative estimate of drug-likeness (QED) is 0.567. The summed E-state index contributed by atoms with van der Waals surface area (Å²) in [6.45, 7) is 1.17. The van der Waals surface area contributed by atoms with Gasteiger partial charge in [0.15, 0.2) is 0 Å². The molecule has 1 amide bonds. The number of hydrogen-bond donors (Lipinski definition) is 1. The first kappa shape index (κ1) is 14.8. The maximum Gasteiger partial charge on any atom is 0.525 e.